The predicted octanol–water partition coefficient (Wildman–Crippen LogP) is 3.76. The highest BCUT2D eigenvalue weighted by molar-refractivity contribution is 7.91. The standard InChI is InChI=1S/C25H25Cl2N3O5S/c1-16-22(25(29(2)28-16)35-15-21(31)17-6-4-3-5-7-17)24(32)18-8-9-20(26)19(23(18)27)14-30-10-12-36(33,34)13-11-30/h3-9H,10-15H2,1-2H3. The Balaban J connectivity index is 1.59. The van der Waals surface area contributed by atoms with Gasteiger partial charge in [0.1, 0.15) is 5.56 Å². The fraction of sp³-hybridized carbons (Fsp3) is 0.320. The number of rotatable bonds is 8. The van der Waals surface area contributed by atoms with Gasteiger partial charge >= 0.3 is 0 Å². The van der Waals surface area contributed by atoms with Gasteiger partial charge in [0.2, 0.25) is 11.7 Å². The average Bonchev–Trinajstić information content (AvgIpc) is 3.13. The number of carbonyl (C=O) groups is 2. The molecular formula is C25H25Cl2N3O5S. The van der Waals surface area contributed by atoms with Gasteiger partial charge in [-0.3, -0.25) is 14.5 Å². The maximum absolute atomic E-state index is 13.6. The fourth-order valence-electron chi connectivity index (χ4n) is 4.09. The van der Waals surface area contributed by atoms with Crippen molar-refractivity contribution in [2.24, 2.45) is 7.05 Å². The highest BCUT2D eigenvalue weighted by atomic mass is 35.5. The molecule has 0 spiro atoms. The lowest BCUT2D eigenvalue weighted by Gasteiger charge is -2.27. The van der Waals surface area contributed by atoms with Crippen LogP contribution in [0.15, 0.2) is 42.5 Å². The van der Waals surface area contributed by atoms with Crippen molar-refractivity contribution in [3.63, 3.8) is 0 Å². The van der Waals surface area contributed by atoms with E-state index in [1.165, 1.54) is 4.68 Å². The normalized spacial score (nSPS) is 15.6. The van der Waals surface area contributed by atoms with Gasteiger partial charge in [-0.15, -0.1) is 0 Å². The molecule has 0 aliphatic carbocycles. The topological polar surface area (TPSA) is 98.6 Å². The Morgan fingerprint density at radius 3 is 2.39 bits per heavy atom. The lowest BCUT2D eigenvalue weighted by molar-refractivity contribution is 0.0908. The molecule has 0 radical (unpaired) electrons. The van der Waals surface area contributed by atoms with Crippen LogP contribution in [0.25, 0.3) is 0 Å². The molecule has 0 amide bonds. The highest BCUT2D eigenvalue weighted by Crippen LogP contribution is 2.33. The second-order valence-electron chi connectivity index (χ2n) is 8.61. The maximum atomic E-state index is 13.6. The number of ketones is 2. The molecule has 0 N–H and O–H groups in total. The van der Waals surface area contributed by atoms with Gasteiger partial charge < -0.3 is 4.74 Å². The zero-order valence-corrected chi connectivity index (χ0v) is 22.2. The molecule has 0 unspecified atom stereocenters. The number of Topliss-reactive ketones (excluding diaryl/α,β-unsaturated/α-hetero) is 1. The van der Waals surface area contributed by atoms with Gasteiger partial charge in [-0.1, -0.05) is 53.5 Å². The minimum Gasteiger partial charge on any atom is -0.469 e. The average molecular weight is 550 g/mol. The molecule has 1 aliphatic heterocycles. The van der Waals surface area contributed by atoms with Gasteiger partial charge in [-0.2, -0.15) is 5.10 Å². The Kier molecular flexibility index (Phi) is 7.85. The number of hydrogen-bond acceptors (Lipinski definition) is 7. The lowest BCUT2D eigenvalue weighted by atomic mass is 10.0. The summed E-state index contributed by atoms with van der Waals surface area (Å²) >= 11 is 13.1. The van der Waals surface area contributed by atoms with Crippen molar-refractivity contribution in [1.29, 1.82) is 0 Å². The number of hydrogen-bond donors (Lipinski definition) is 0. The molecule has 1 saturated heterocycles. The zero-order valence-electron chi connectivity index (χ0n) is 19.8. The molecule has 0 bridgehead atoms. The van der Waals surface area contributed by atoms with Crippen LogP contribution in [0.2, 0.25) is 10.0 Å². The first-order valence-electron chi connectivity index (χ1n) is 11.3. The molecule has 2 aromatic carbocycles. The lowest BCUT2D eigenvalue weighted by Crippen LogP contribution is -2.39. The van der Waals surface area contributed by atoms with Crippen LogP contribution in [-0.2, 0) is 23.4 Å². The van der Waals surface area contributed by atoms with E-state index >= 15 is 0 Å². The third kappa shape index (κ3) is 5.64. The number of aryl methyl sites for hydroxylation is 2. The fourth-order valence-corrected chi connectivity index (χ4v) is 5.94. The molecule has 11 heteroatoms. The minimum atomic E-state index is -3.03. The van der Waals surface area contributed by atoms with Crippen molar-refractivity contribution in [3.05, 3.63) is 80.5 Å². The van der Waals surface area contributed by atoms with E-state index in [1.807, 2.05) is 11.0 Å². The summed E-state index contributed by atoms with van der Waals surface area (Å²) in [5.41, 5.74) is 1.90. The molecule has 4 rings (SSSR count). The van der Waals surface area contributed by atoms with Crippen LogP contribution in [0, 0.1) is 6.92 Å². The summed E-state index contributed by atoms with van der Waals surface area (Å²) in [4.78, 5) is 28.1. The van der Waals surface area contributed by atoms with Crippen LogP contribution < -0.4 is 4.74 Å². The number of ether oxygens (including phenoxy) is 1. The molecule has 0 saturated carbocycles. The summed E-state index contributed by atoms with van der Waals surface area (Å²) in [5, 5.41) is 4.89. The third-order valence-corrected chi connectivity index (χ3v) is 8.48. The monoisotopic (exact) mass is 549 g/mol. The van der Waals surface area contributed by atoms with Crippen LogP contribution in [-0.4, -0.2) is 65.9 Å². The maximum Gasteiger partial charge on any atom is 0.223 e. The van der Waals surface area contributed by atoms with Crippen molar-refractivity contribution in [2.75, 3.05) is 31.2 Å². The number of sulfone groups is 1. The van der Waals surface area contributed by atoms with E-state index in [1.54, 1.807) is 50.4 Å². The largest absolute Gasteiger partial charge is 0.469 e. The smallest absolute Gasteiger partial charge is 0.223 e. The van der Waals surface area contributed by atoms with Crippen molar-refractivity contribution in [3.8, 4) is 5.88 Å². The van der Waals surface area contributed by atoms with E-state index in [9.17, 15) is 18.0 Å². The summed E-state index contributed by atoms with van der Waals surface area (Å²) in [6.45, 7) is 2.46. The number of aromatic nitrogens is 2. The van der Waals surface area contributed by atoms with Crippen molar-refractivity contribution in [2.45, 2.75) is 13.5 Å². The Morgan fingerprint density at radius 2 is 1.72 bits per heavy atom. The van der Waals surface area contributed by atoms with E-state index in [-0.39, 0.29) is 45.9 Å². The second-order valence-corrected chi connectivity index (χ2v) is 11.7. The van der Waals surface area contributed by atoms with Crippen LogP contribution in [0.4, 0.5) is 0 Å². The first-order valence-corrected chi connectivity index (χ1v) is 13.8. The van der Waals surface area contributed by atoms with Crippen LogP contribution >= 0.6 is 23.2 Å². The molecule has 190 valence electrons. The molecule has 2 heterocycles. The zero-order chi connectivity index (χ0) is 26.0. The molecule has 1 aliphatic rings. The number of halogens is 2. The van der Waals surface area contributed by atoms with E-state index in [4.69, 9.17) is 27.9 Å². The van der Waals surface area contributed by atoms with Gasteiger partial charge in [-0.25, -0.2) is 13.1 Å². The van der Waals surface area contributed by atoms with Crippen molar-refractivity contribution in [1.82, 2.24) is 14.7 Å². The Labute approximate surface area is 219 Å². The van der Waals surface area contributed by atoms with Crippen molar-refractivity contribution >= 4 is 44.6 Å². The number of benzene rings is 2. The number of carbonyl (C=O) groups excluding carboxylic acids is 2. The quantitative estimate of drug-likeness (QED) is 0.394. The van der Waals surface area contributed by atoms with E-state index in [0.29, 0.717) is 41.5 Å². The van der Waals surface area contributed by atoms with Gasteiger partial charge in [0.15, 0.2) is 22.2 Å². The molecule has 1 fully saturated rings. The van der Waals surface area contributed by atoms with Crippen molar-refractivity contribution < 1.29 is 22.7 Å². The Bertz CT molecular complexity index is 1410. The summed E-state index contributed by atoms with van der Waals surface area (Å²) in [6, 6.07) is 11.9. The molecule has 0 atom stereocenters. The third-order valence-electron chi connectivity index (χ3n) is 6.08. The second kappa shape index (κ2) is 10.7. The first-order chi connectivity index (χ1) is 17.1. The van der Waals surface area contributed by atoms with Crippen LogP contribution in [0.5, 0.6) is 5.88 Å². The first kappa shape index (κ1) is 26.3. The summed E-state index contributed by atoms with van der Waals surface area (Å²) in [6.07, 6.45) is 0. The highest BCUT2D eigenvalue weighted by Gasteiger charge is 2.28. The number of nitrogens with zero attached hydrogens (tertiary/aromatic N) is 3. The predicted molar refractivity (Wildman–Crippen MR) is 138 cm³/mol. The molecule has 1 aromatic heterocycles. The summed E-state index contributed by atoms with van der Waals surface area (Å²) in [5.74, 6) is -0.346. The van der Waals surface area contributed by atoms with Gasteiger partial charge in [0, 0.05) is 48.4 Å². The van der Waals surface area contributed by atoms with Crippen LogP contribution in [0.1, 0.15) is 37.5 Å². The SMILES string of the molecule is Cc1nn(C)c(OCC(=O)c2ccccc2)c1C(=O)c1ccc(Cl)c(CN2CCS(=O)(=O)CC2)c1Cl. The Morgan fingerprint density at radius 1 is 1.06 bits per heavy atom. The molecule has 8 nitrogen and oxygen atoms in total. The van der Waals surface area contributed by atoms with E-state index < -0.39 is 15.6 Å². The van der Waals surface area contributed by atoms with Gasteiger partial charge in [0.25, 0.3) is 0 Å². The van der Waals surface area contributed by atoms with E-state index in [0.717, 1.165) is 0 Å². The molecular weight excluding hydrogens is 525 g/mol. The molecule has 3 aromatic rings. The van der Waals surface area contributed by atoms with Crippen LogP contribution in [0.3, 0.4) is 0 Å². The molecule has 36 heavy (non-hydrogen) atoms. The summed E-state index contributed by atoms with van der Waals surface area (Å²) < 4.78 is 30.7. The minimum absolute atomic E-state index is 0.0676. The van der Waals surface area contributed by atoms with Gasteiger partial charge in [-0.05, 0) is 19.1 Å². The van der Waals surface area contributed by atoms with Gasteiger partial charge in [0.05, 0.1) is 22.2 Å². The van der Waals surface area contributed by atoms with E-state index in [2.05, 4.69) is 5.10 Å². The summed E-state index contributed by atoms with van der Waals surface area (Å²) in [7, 11) is -1.40. The Hall–Kier alpha value is -2.72.